The number of rotatable bonds is 2. The predicted molar refractivity (Wildman–Crippen MR) is 60.5 cm³/mol. The minimum atomic E-state index is -1.33. The average molecular weight is 232 g/mol. The van der Waals surface area contributed by atoms with E-state index in [0.717, 1.165) is 6.07 Å². The number of benzene rings is 2. The molecule has 0 unspecified atom stereocenters. The highest BCUT2D eigenvalue weighted by atomic mass is 19.1. The van der Waals surface area contributed by atoms with Crippen molar-refractivity contribution in [3.63, 3.8) is 0 Å². The highest BCUT2D eigenvalue weighted by Crippen LogP contribution is 2.28. The standard InChI is InChI=1S/C13H9FO3/c14-11-6-2-5-10(12(11)13(16)17)8-3-1-4-9(15)7-8/h1-7,15H,(H,16,17). The Balaban J connectivity index is 2.67. The number of aromatic hydroxyl groups is 1. The van der Waals surface area contributed by atoms with Crippen LogP contribution in [0, 0.1) is 5.82 Å². The highest BCUT2D eigenvalue weighted by molar-refractivity contribution is 5.96. The van der Waals surface area contributed by atoms with Crippen LogP contribution in [0.25, 0.3) is 11.1 Å². The molecular formula is C13H9FO3. The van der Waals surface area contributed by atoms with Gasteiger partial charge in [-0.05, 0) is 29.3 Å². The number of carbonyl (C=O) groups is 1. The molecule has 0 aliphatic heterocycles. The van der Waals surface area contributed by atoms with Gasteiger partial charge in [-0.25, -0.2) is 9.18 Å². The van der Waals surface area contributed by atoms with Crippen LogP contribution in [-0.2, 0) is 0 Å². The Kier molecular flexibility index (Phi) is 2.78. The molecular weight excluding hydrogens is 223 g/mol. The second-order valence-corrected chi connectivity index (χ2v) is 3.52. The Labute approximate surface area is 96.8 Å². The van der Waals surface area contributed by atoms with Crippen LogP contribution >= 0.6 is 0 Å². The monoisotopic (exact) mass is 232 g/mol. The second kappa shape index (κ2) is 4.25. The molecule has 2 aromatic carbocycles. The SMILES string of the molecule is O=C(O)c1c(F)cccc1-c1cccc(O)c1. The fourth-order valence-corrected chi connectivity index (χ4v) is 1.66. The Morgan fingerprint density at radius 1 is 1.12 bits per heavy atom. The van der Waals surface area contributed by atoms with Crippen LogP contribution in [0.15, 0.2) is 42.5 Å². The number of phenolic OH excluding ortho intramolecular Hbond substituents is 1. The van der Waals surface area contributed by atoms with Crippen LogP contribution in [0.1, 0.15) is 10.4 Å². The Hall–Kier alpha value is -2.36. The van der Waals surface area contributed by atoms with Gasteiger partial charge in [0.1, 0.15) is 17.1 Å². The van der Waals surface area contributed by atoms with Gasteiger partial charge in [0.2, 0.25) is 0 Å². The van der Waals surface area contributed by atoms with E-state index in [2.05, 4.69) is 0 Å². The van der Waals surface area contributed by atoms with Gasteiger partial charge in [-0.15, -0.1) is 0 Å². The lowest BCUT2D eigenvalue weighted by Gasteiger charge is -2.07. The van der Waals surface area contributed by atoms with Crippen molar-refractivity contribution < 1.29 is 19.4 Å². The maximum atomic E-state index is 13.4. The van der Waals surface area contributed by atoms with E-state index in [0.29, 0.717) is 5.56 Å². The normalized spacial score (nSPS) is 10.2. The maximum Gasteiger partial charge on any atom is 0.339 e. The fraction of sp³-hybridized carbons (Fsp3) is 0. The van der Waals surface area contributed by atoms with Gasteiger partial charge in [0.15, 0.2) is 0 Å². The van der Waals surface area contributed by atoms with Crippen molar-refractivity contribution in [1.29, 1.82) is 0 Å². The van der Waals surface area contributed by atoms with Crippen molar-refractivity contribution in [2.45, 2.75) is 0 Å². The summed E-state index contributed by atoms with van der Waals surface area (Å²) in [6, 6.07) is 10.1. The van der Waals surface area contributed by atoms with Gasteiger partial charge < -0.3 is 10.2 Å². The summed E-state index contributed by atoms with van der Waals surface area (Å²) in [6.45, 7) is 0. The minimum Gasteiger partial charge on any atom is -0.508 e. The second-order valence-electron chi connectivity index (χ2n) is 3.52. The molecule has 0 aliphatic rings. The van der Waals surface area contributed by atoms with E-state index in [1.54, 1.807) is 12.1 Å². The topological polar surface area (TPSA) is 57.5 Å². The zero-order valence-electron chi connectivity index (χ0n) is 8.72. The lowest BCUT2D eigenvalue weighted by atomic mass is 9.99. The van der Waals surface area contributed by atoms with Gasteiger partial charge in [-0.1, -0.05) is 24.3 Å². The third-order valence-corrected chi connectivity index (χ3v) is 2.38. The molecule has 2 aromatic rings. The lowest BCUT2D eigenvalue weighted by Crippen LogP contribution is -2.03. The number of phenols is 1. The Morgan fingerprint density at radius 2 is 1.82 bits per heavy atom. The lowest BCUT2D eigenvalue weighted by molar-refractivity contribution is 0.0693. The zero-order chi connectivity index (χ0) is 12.4. The smallest absolute Gasteiger partial charge is 0.339 e. The van der Waals surface area contributed by atoms with E-state index in [9.17, 15) is 14.3 Å². The van der Waals surface area contributed by atoms with Gasteiger partial charge in [0.25, 0.3) is 0 Å². The first kappa shape index (κ1) is 11.1. The first-order valence-corrected chi connectivity index (χ1v) is 4.91. The van der Waals surface area contributed by atoms with E-state index >= 15 is 0 Å². The van der Waals surface area contributed by atoms with Gasteiger partial charge in [-0.3, -0.25) is 0 Å². The molecule has 0 spiro atoms. The van der Waals surface area contributed by atoms with Crippen molar-refractivity contribution in [3.8, 4) is 16.9 Å². The quantitative estimate of drug-likeness (QED) is 0.836. The molecule has 0 amide bonds. The van der Waals surface area contributed by atoms with E-state index in [4.69, 9.17) is 5.11 Å². The maximum absolute atomic E-state index is 13.4. The number of hydrogen-bond acceptors (Lipinski definition) is 2. The average Bonchev–Trinajstić information content (AvgIpc) is 2.28. The molecule has 17 heavy (non-hydrogen) atoms. The molecule has 0 saturated carbocycles. The Bertz CT molecular complexity index is 579. The van der Waals surface area contributed by atoms with Gasteiger partial charge >= 0.3 is 5.97 Å². The molecule has 0 bridgehead atoms. The van der Waals surface area contributed by atoms with Crippen molar-refractivity contribution in [3.05, 3.63) is 53.8 Å². The van der Waals surface area contributed by atoms with E-state index in [1.165, 1.54) is 24.3 Å². The molecule has 0 heterocycles. The minimum absolute atomic E-state index is 0.00287. The summed E-state index contributed by atoms with van der Waals surface area (Å²) in [5, 5.41) is 18.3. The number of carboxylic acid groups (broad SMARTS) is 1. The van der Waals surface area contributed by atoms with Crippen LogP contribution in [0.4, 0.5) is 4.39 Å². The van der Waals surface area contributed by atoms with Crippen LogP contribution in [-0.4, -0.2) is 16.2 Å². The zero-order valence-corrected chi connectivity index (χ0v) is 8.72. The number of carboxylic acids is 1. The predicted octanol–water partition coefficient (Wildman–Crippen LogP) is 2.90. The third kappa shape index (κ3) is 2.10. The molecule has 0 aromatic heterocycles. The van der Waals surface area contributed by atoms with Crippen molar-refractivity contribution >= 4 is 5.97 Å². The summed E-state index contributed by atoms with van der Waals surface area (Å²) in [5.41, 5.74) is 0.313. The molecule has 2 rings (SSSR count). The highest BCUT2D eigenvalue weighted by Gasteiger charge is 2.16. The molecule has 3 nitrogen and oxygen atoms in total. The molecule has 2 N–H and O–H groups in total. The summed E-state index contributed by atoms with van der Waals surface area (Å²) in [7, 11) is 0. The molecule has 4 heteroatoms. The van der Waals surface area contributed by atoms with E-state index in [-0.39, 0.29) is 11.3 Å². The third-order valence-electron chi connectivity index (χ3n) is 2.38. The molecule has 86 valence electrons. The van der Waals surface area contributed by atoms with E-state index < -0.39 is 17.3 Å². The molecule has 0 atom stereocenters. The molecule has 0 saturated heterocycles. The molecule has 0 radical (unpaired) electrons. The van der Waals surface area contributed by atoms with Crippen molar-refractivity contribution in [1.82, 2.24) is 0 Å². The van der Waals surface area contributed by atoms with Crippen molar-refractivity contribution in [2.24, 2.45) is 0 Å². The van der Waals surface area contributed by atoms with Crippen LogP contribution in [0.2, 0.25) is 0 Å². The van der Waals surface area contributed by atoms with Gasteiger partial charge in [0.05, 0.1) is 0 Å². The summed E-state index contributed by atoms with van der Waals surface area (Å²) in [4.78, 5) is 11.0. The van der Waals surface area contributed by atoms with Crippen LogP contribution in [0.5, 0.6) is 5.75 Å². The molecule has 0 aliphatic carbocycles. The summed E-state index contributed by atoms with van der Waals surface area (Å²) >= 11 is 0. The number of aromatic carboxylic acids is 1. The van der Waals surface area contributed by atoms with E-state index in [1.807, 2.05) is 0 Å². The molecule has 0 fully saturated rings. The summed E-state index contributed by atoms with van der Waals surface area (Å²) in [6.07, 6.45) is 0. The van der Waals surface area contributed by atoms with Gasteiger partial charge in [-0.2, -0.15) is 0 Å². The first-order chi connectivity index (χ1) is 8.09. The van der Waals surface area contributed by atoms with Crippen molar-refractivity contribution in [2.75, 3.05) is 0 Å². The first-order valence-electron chi connectivity index (χ1n) is 4.91. The fourth-order valence-electron chi connectivity index (χ4n) is 1.66. The summed E-state index contributed by atoms with van der Waals surface area (Å²) in [5.74, 6) is -2.12. The summed E-state index contributed by atoms with van der Waals surface area (Å²) < 4.78 is 13.4. The van der Waals surface area contributed by atoms with Crippen LogP contribution < -0.4 is 0 Å². The largest absolute Gasteiger partial charge is 0.508 e. The van der Waals surface area contributed by atoms with Crippen LogP contribution in [0.3, 0.4) is 0 Å². The van der Waals surface area contributed by atoms with Gasteiger partial charge in [0, 0.05) is 0 Å². The Morgan fingerprint density at radius 3 is 2.47 bits per heavy atom. The number of halogens is 1. The number of hydrogen-bond donors (Lipinski definition) is 2.